The Morgan fingerprint density at radius 2 is 1.77 bits per heavy atom. The molecular formula is C31H31F5N4O4. The van der Waals surface area contributed by atoms with E-state index in [-0.39, 0.29) is 35.3 Å². The molecule has 1 heterocycles. The molecule has 1 atom stereocenters. The second kappa shape index (κ2) is 12.6. The first-order valence-electron chi connectivity index (χ1n) is 14.0. The van der Waals surface area contributed by atoms with Gasteiger partial charge >= 0.3 is 13.0 Å². The molecule has 0 aliphatic heterocycles. The number of hydrogen-bond donors (Lipinski definition) is 2. The summed E-state index contributed by atoms with van der Waals surface area (Å²) in [7, 11) is 0. The number of rotatable bonds is 10. The molecule has 0 saturated heterocycles. The maximum Gasteiger partial charge on any atom is 0.573 e. The van der Waals surface area contributed by atoms with E-state index in [0.29, 0.717) is 22.9 Å². The van der Waals surface area contributed by atoms with Crippen LogP contribution in [0.3, 0.4) is 0 Å². The molecule has 1 aromatic heterocycles. The minimum atomic E-state index is -4.78. The van der Waals surface area contributed by atoms with Crippen LogP contribution >= 0.6 is 0 Å². The fourth-order valence-corrected chi connectivity index (χ4v) is 5.47. The average Bonchev–Trinajstić information content (AvgIpc) is 3.28. The first-order valence-corrected chi connectivity index (χ1v) is 14.0. The number of fused-ring (bicyclic) bond motifs is 1. The number of alkyl halides is 5. The van der Waals surface area contributed by atoms with Gasteiger partial charge in [-0.15, -0.1) is 13.2 Å². The van der Waals surface area contributed by atoms with E-state index in [4.69, 9.17) is 9.72 Å². The minimum Gasteiger partial charge on any atom is -0.484 e. The van der Waals surface area contributed by atoms with Gasteiger partial charge in [0.25, 0.3) is 5.91 Å². The first-order chi connectivity index (χ1) is 20.8. The summed E-state index contributed by atoms with van der Waals surface area (Å²) < 4.78 is 78.9. The van der Waals surface area contributed by atoms with E-state index in [2.05, 4.69) is 38.5 Å². The summed E-state index contributed by atoms with van der Waals surface area (Å²) in [6.45, 7) is 1.12. The van der Waals surface area contributed by atoms with Gasteiger partial charge in [-0.3, -0.25) is 4.79 Å². The Bertz CT molecular complexity index is 1610. The summed E-state index contributed by atoms with van der Waals surface area (Å²) >= 11 is 0. The smallest absolute Gasteiger partial charge is 0.484 e. The van der Waals surface area contributed by atoms with E-state index in [0.717, 1.165) is 31.2 Å². The highest BCUT2D eigenvalue weighted by atomic mass is 19.4. The van der Waals surface area contributed by atoms with E-state index >= 15 is 0 Å². The Labute approximate surface area is 250 Å². The number of nitrogens with zero attached hydrogens (tertiary/aromatic N) is 2. The maximum absolute atomic E-state index is 12.6. The van der Waals surface area contributed by atoms with Crippen molar-refractivity contribution >= 4 is 34.3 Å². The van der Waals surface area contributed by atoms with Crippen LogP contribution in [0.1, 0.15) is 45.6 Å². The molecule has 0 spiro atoms. The van der Waals surface area contributed by atoms with Crippen LogP contribution in [0.15, 0.2) is 66.7 Å². The molecule has 1 aliphatic carbocycles. The Kier molecular flexibility index (Phi) is 8.84. The van der Waals surface area contributed by atoms with Crippen LogP contribution < -0.4 is 24.8 Å². The molecule has 1 saturated carbocycles. The van der Waals surface area contributed by atoms with E-state index in [1.165, 1.54) is 48.5 Å². The molecule has 1 amide bonds. The Balaban J connectivity index is 1.34. The topological polar surface area (TPSA) is 86.6 Å². The fraction of sp³-hybridized carbons (Fsp3) is 0.355. The van der Waals surface area contributed by atoms with Crippen molar-refractivity contribution in [2.75, 3.05) is 17.2 Å². The van der Waals surface area contributed by atoms with Gasteiger partial charge in [-0.2, -0.15) is 8.78 Å². The number of benzene rings is 3. The molecule has 1 fully saturated rings. The highest BCUT2D eigenvalue weighted by molar-refractivity contribution is 5.92. The van der Waals surface area contributed by atoms with Crippen molar-refractivity contribution in [2.45, 2.75) is 58.5 Å². The molecule has 3 aromatic carbocycles. The van der Waals surface area contributed by atoms with Crippen molar-refractivity contribution in [1.82, 2.24) is 9.55 Å². The number of hydrogen-bond acceptors (Lipinski definition) is 6. The quantitative estimate of drug-likeness (QED) is 0.174. The number of anilines is 3. The lowest BCUT2D eigenvalue weighted by Gasteiger charge is -2.36. The predicted octanol–water partition coefficient (Wildman–Crippen LogP) is 8.44. The number of carbonyl (C=O) groups is 1. The molecule has 0 bridgehead atoms. The van der Waals surface area contributed by atoms with Crippen LogP contribution in [0.25, 0.3) is 11.0 Å². The molecule has 0 unspecified atom stereocenters. The van der Waals surface area contributed by atoms with Gasteiger partial charge in [0.1, 0.15) is 17.2 Å². The van der Waals surface area contributed by atoms with Gasteiger partial charge in [0.2, 0.25) is 5.95 Å². The van der Waals surface area contributed by atoms with Crippen molar-refractivity contribution in [1.29, 1.82) is 0 Å². The zero-order valence-electron chi connectivity index (χ0n) is 24.0. The summed E-state index contributed by atoms with van der Waals surface area (Å²) in [6, 6.07) is 16.5. The van der Waals surface area contributed by atoms with Gasteiger partial charge in [0.15, 0.2) is 6.61 Å². The molecule has 0 radical (unpaired) electrons. The van der Waals surface area contributed by atoms with Crippen molar-refractivity contribution < 1.29 is 41.0 Å². The Hall–Kier alpha value is -4.55. The average molecular weight is 619 g/mol. The van der Waals surface area contributed by atoms with E-state index in [9.17, 15) is 26.7 Å². The van der Waals surface area contributed by atoms with Crippen molar-refractivity contribution in [3.8, 4) is 17.2 Å². The zero-order chi connectivity index (χ0) is 31.5. The zero-order valence-corrected chi connectivity index (χ0v) is 24.0. The molecular weight excluding hydrogens is 587 g/mol. The van der Waals surface area contributed by atoms with Crippen LogP contribution in [0.5, 0.6) is 17.2 Å². The molecule has 2 N–H and O–H groups in total. The number of nitrogens with one attached hydrogen (secondary N) is 2. The molecule has 5 rings (SSSR count). The van der Waals surface area contributed by atoms with Crippen LogP contribution in [-0.4, -0.2) is 35.0 Å². The van der Waals surface area contributed by atoms with Crippen LogP contribution in [0, 0.1) is 5.41 Å². The van der Waals surface area contributed by atoms with E-state index in [1.54, 1.807) is 12.1 Å². The Morgan fingerprint density at radius 3 is 2.48 bits per heavy atom. The van der Waals surface area contributed by atoms with Gasteiger partial charge < -0.3 is 29.4 Å². The van der Waals surface area contributed by atoms with E-state index < -0.39 is 18.9 Å². The minimum absolute atomic E-state index is 0.0869. The number of carbonyl (C=O) groups excluding carboxylic acids is 1. The van der Waals surface area contributed by atoms with Gasteiger partial charge in [0.05, 0.1) is 11.0 Å². The van der Waals surface area contributed by atoms with Gasteiger partial charge in [0, 0.05) is 29.5 Å². The second-order valence-electron chi connectivity index (χ2n) is 11.3. The summed E-state index contributed by atoms with van der Waals surface area (Å²) in [5.74, 6) is -0.0134. The molecule has 13 heteroatoms. The highest BCUT2D eigenvalue weighted by Gasteiger charge is 2.32. The molecule has 4 aromatic rings. The van der Waals surface area contributed by atoms with Gasteiger partial charge in [-0.25, -0.2) is 4.98 Å². The molecule has 1 aliphatic rings. The molecule has 44 heavy (non-hydrogen) atoms. The fourth-order valence-electron chi connectivity index (χ4n) is 5.47. The lowest BCUT2D eigenvalue weighted by molar-refractivity contribution is -0.274. The van der Waals surface area contributed by atoms with E-state index in [1.807, 2.05) is 6.07 Å². The predicted molar refractivity (Wildman–Crippen MR) is 155 cm³/mol. The largest absolute Gasteiger partial charge is 0.573 e. The van der Waals surface area contributed by atoms with Crippen molar-refractivity contribution in [3.63, 3.8) is 0 Å². The number of aromatic nitrogens is 2. The Morgan fingerprint density at radius 1 is 1.02 bits per heavy atom. The third-order valence-electron chi connectivity index (χ3n) is 7.26. The van der Waals surface area contributed by atoms with Gasteiger partial charge in [-0.1, -0.05) is 26.3 Å². The van der Waals surface area contributed by atoms with Crippen LogP contribution in [0.2, 0.25) is 0 Å². The van der Waals surface area contributed by atoms with Crippen LogP contribution in [-0.2, 0) is 4.79 Å². The normalized spacial score (nSPS) is 16.5. The molecule has 234 valence electrons. The van der Waals surface area contributed by atoms with Crippen molar-refractivity contribution in [2.24, 2.45) is 5.41 Å². The van der Waals surface area contributed by atoms with Crippen molar-refractivity contribution in [3.05, 3.63) is 66.7 Å². The monoisotopic (exact) mass is 618 g/mol. The summed E-state index contributed by atoms with van der Waals surface area (Å²) in [5, 5.41) is 5.82. The number of amides is 1. The third kappa shape index (κ3) is 8.08. The third-order valence-corrected chi connectivity index (χ3v) is 7.26. The lowest BCUT2D eigenvalue weighted by Crippen LogP contribution is -2.25. The standard InChI is InChI=1S/C31H31F5N4O4/c1-30(2)14-4-6-21(17-30)40-26-13-12-23(42-18-27(41)37-20-5-3-7-24(15-20)43-28(32)33)16-25(26)39-29(40)38-19-8-10-22(11-9-19)44-31(34,35)36/h3,5,7-13,15-16,21,28H,4,6,14,17-18H2,1-2H3,(H,37,41)(H,38,39)/t21-/m0/s1. The van der Waals surface area contributed by atoms with Crippen LogP contribution in [0.4, 0.5) is 39.3 Å². The van der Waals surface area contributed by atoms with Gasteiger partial charge in [-0.05, 0) is 73.2 Å². The summed E-state index contributed by atoms with van der Waals surface area (Å²) in [5.41, 5.74) is 2.36. The SMILES string of the molecule is CC1(C)CCC[C@H](n2c(Nc3ccc(OC(F)(F)F)cc3)nc3cc(OCC(=O)Nc4cccc(OC(F)F)c4)ccc32)C1. The number of ether oxygens (including phenoxy) is 3. The first kappa shape index (κ1) is 30.9. The lowest BCUT2D eigenvalue weighted by atomic mass is 9.75. The highest BCUT2D eigenvalue weighted by Crippen LogP contribution is 2.44. The summed E-state index contributed by atoms with van der Waals surface area (Å²) in [6.07, 6.45) is -0.804. The second-order valence-corrected chi connectivity index (χ2v) is 11.3. The molecule has 8 nitrogen and oxygen atoms in total. The number of halogens is 5. The number of imidazole rings is 1. The maximum atomic E-state index is 12.6. The summed E-state index contributed by atoms with van der Waals surface area (Å²) in [4.78, 5) is 17.3.